The lowest BCUT2D eigenvalue weighted by molar-refractivity contribution is 0.415. The van der Waals surface area contributed by atoms with Crippen molar-refractivity contribution in [2.24, 2.45) is 4.99 Å². The summed E-state index contributed by atoms with van der Waals surface area (Å²) in [6.07, 6.45) is 0. The van der Waals surface area contributed by atoms with Gasteiger partial charge in [-0.05, 0) is 31.2 Å². The number of nitrogens with zero attached hydrogens (tertiary/aromatic N) is 2. The molecular formula is C16H20N2O3S2. The van der Waals surface area contributed by atoms with Crippen molar-refractivity contribution < 1.29 is 13.2 Å². The number of benzene rings is 1. The third kappa shape index (κ3) is 3.40. The van der Waals surface area contributed by atoms with E-state index in [1.807, 2.05) is 31.2 Å². The van der Waals surface area contributed by atoms with Crippen molar-refractivity contribution in [2.75, 3.05) is 29.3 Å². The number of ether oxygens (including phenoxy) is 1. The summed E-state index contributed by atoms with van der Waals surface area (Å²) in [5, 5.41) is 0.878. The van der Waals surface area contributed by atoms with Crippen LogP contribution in [0.25, 0.3) is 0 Å². The van der Waals surface area contributed by atoms with E-state index in [-0.39, 0.29) is 23.6 Å². The topological polar surface area (TPSA) is 59.0 Å². The lowest BCUT2D eigenvalue weighted by Gasteiger charge is -2.26. The van der Waals surface area contributed by atoms with E-state index in [1.54, 1.807) is 18.9 Å². The van der Waals surface area contributed by atoms with Crippen LogP contribution in [-0.2, 0) is 9.84 Å². The molecule has 2 atom stereocenters. The molecule has 0 radical (unpaired) electrons. The number of aliphatic imine (C=N–C) groups is 1. The molecule has 1 aromatic carbocycles. The summed E-state index contributed by atoms with van der Waals surface area (Å²) < 4.78 is 29.1. The minimum Gasteiger partial charge on any atom is -0.497 e. The molecule has 1 fully saturated rings. The van der Waals surface area contributed by atoms with E-state index in [1.165, 1.54) is 0 Å². The van der Waals surface area contributed by atoms with E-state index < -0.39 is 9.84 Å². The molecule has 0 unspecified atom stereocenters. The third-order valence-corrected chi connectivity index (χ3v) is 6.80. The molecule has 124 valence electrons. The summed E-state index contributed by atoms with van der Waals surface area (Å²) in [5.74, 6) is 1.85. The first kappa shape index (κ1) is 16.4. The summed E-state index contributed by atoms with van der Waals surface area (Å²) >= 11 is 1.61. The molecule has 0 bridgehead atoms. The maximum absolute atomic E-state index is 12.0. The average molecular weight is 352 g/mol. The second-order valence-electron chi connectivity index (χ2n) is 5.94. The number of rotatable bonds is 4. The minimum atomic E-state index is -3.01. The van der Waals surface area contributed by atoms with Crippen molar-refractivity contribution in [3.63, 3.8) is 0 Å². The largest absolute Gasteiger partial charge is 0.497 e. The zero-order chi connectivity index (χ0) is 16.6. The Bertz CT molecular complexity index is 741. The second-order valence-corrected chi connectivity index (χ2v) is 9.03. The maximum atomic E-state index is 12.0. The lowest BCUT2D eigenvalue weighted by Crippen LogP contribution is -2.39. The Hall–Kier alpha value is -1.47. The third-order valence-electron chi connectivity index (χ3n) is 3.91. The molecule has 7 heteroatoms. The highest BCUT2D eigenvalue weighted by Gasteiger charge is 2.47. The maximum Gasteiger partial charge on any atom is 0.164 e. The number of fused-ring (bicyclic) bond motifs is 1. The summed E-state index contributed by atoms with van der Waals surface area (Å²) in [6.45, 7) is 5.90. The van der Waals surface area contributed by atoms with E-state index in [9.17, 15) is 8.42 Å². The highest BCUT2D eigenvalue weighted by molar-refractivity contribution is 8.14. The van der Waals surface area contributed by atoms with Crippen LogP contribution in [0.3, 0.4) is 0 Å². The average Bonchev–Trinajstić information content (AvgIpc) is 2.96. The molecule has 1 saturated heterocycles. The van der Waals surface area contributed by atoms with Crippen molar-refractivity contribution in [3.8, 4) is 5.75 Å². The number of hydrogen-bond acceptors (Lipinski definition) is 6. The summed E-state index contributed by atoms with van der Waals surface area (Å²) in [7, 11) is -1.39. The van der Waals surface area contributed by atoms with Crippen LogP contribution in [0.15, 0.2) is 41.4 Å². The molecule has 0 N–H and O–H groups in total. The summed E-state index contributed by atoms with van der Waals surface area (Å²) in [5.41, 5.74) is 2.01. The molecule has 2 heterocycles. The lowest BCUT2D eigenvalue weighted by atomic mass is 10.1. The van der Waals surface area contributed by atoms with Gasteiger partial charge >= 0.3 is 0 Å². The molecule has 3 rings (SSSR count). The van der Waals surface area contributed by atoms with Gasteiger partial charge in [0.15, 0.2) is 15.0 Å². The Balaban J connectivity index is 1.91. The monoisotopic (exact) mass is 352 g/mol. The van der Waals surface area contributed by atoms with Crippen molar-refractivity contribution in [2.45, 2.75) is 19.0 Å². The number of amidine groups is 1. The fourth-order valence-electron chi connectivity index (χ4n) is 2.87. The van der Waals surface area contributed by atoms with Gasteiger partial charge in [0.1, 0.15) is 5.75 Å². The van der Waals surface area contributed by atoms with Crippen LogP contribution in [0.5, 0.6) is 5.75 Å². The molecule has 2 aliphatic heterocycles. The Morgan fingerprint density at radius 2 is 2.09 bits per heavy atom. The van der Waals surface area contributed by atoms with Crippen molar-refractivity contribution in [1.29, 1.82) is 0 Å². The molecule has 0 aliphatic carbocycles. The van der Waals surface area contributed by atoms with Crippen LogP contribution in [0.2, 0.25) is 0 Å². The minimum absolute atomic E-state index is 0.110. The fourth-order valence-corrected chi connectivity index (χ4v) is 5.68. The number of hydrogen-bond donors (Lipinski definition) is 0. The summed E-state index contributed by atoms with van der Waals surface area (Å²) in [6, 6.07) is 7.38. The second kappa shape index (κ2) is 6.20. The molecule has 0 aromatic heterocycles. The SMILES string of the molecule is C=C(C)CSC1=N[C@H]2CS(=O)(=O)C[C@@H]2N1c1ccc(OC)cc1. The van der Waals surface area contributed by atoms with Gasteiger partial charge in [-0.2, -0.15) is 0 Å². The quantitative estimate of drug-likeness (QED) is 0.779. The predicted molar refractivity (Wildman–Crippen MR) is 96.4 cm³/mol. The van der Waals surface area contributed by atoms with E-state index >= 15 is 0 Å². The first-order chi connectivity index (χ1) is 10.9. The van der Waals surface area contributed by atoms with Gasteiger partial charge in [0.05, 0.1) is 30.7 Å². The van der Waals surface area contributed by atoms with Crippen molar-refractivity contribution >= 4 is 32.5 Å². The van der Waals surface area contributed by atoms with Crippen molar-refractivity contribution in [3.05, 3.63) is 36.4 Å². The van der Waals surface area contributed by atoms with E-state index in [4.69, 9.17) is 4.74 Å². The van der Waals surface area contributed by atoms with Gasteiger partial charge in [-0.15, -0.1) is 0 Å². The van der Waals surface area contributed by atoms with Gasteiger partial charge in [0, 0.05) is 11.4 Å². The Morgan fingerprint density at radius 1 is 1.39 bits per heavy atom. The van der Waals surface area contributed by atoms with Crippen molar-refractivity contribution in [1.82, 2.24) is 0 Å². The molecule has 0 amide bonds. The van der Waals surface area contributed by atoms with E-state index in [0.29, 0.717) is 0 Å². The van der Waals surface area contributed by atoms with E-state index in [0.717, 1.165) is 27.9 Å². The first-order valence-corrected chi connectivity index (χ1v) is 10.2. The number of anilines is 1. The fraction of sp³-hybridized carbons (Fsp3) is 0.438. The molecule has 1 aromatic rings. The Kier molecular flexibility index (Phi) is 4.42. The zero-order valence-corrected chi connectivity index (χ0v) is 14.9. The normalized spacial score (nSPS) is 25.1. The number of methoxy groups -OCH3 is 1. The van der Waals surface area contributed by atoms with Crippen LogP contribution in [-0.4, -0.2) is 50.0 Å². The van der Waals surface area contributed by atoms with Gasteiger partial charge in [0.2, 0.25) is 0 Å². The van der Waals surface area contributed by atoms with Gasteiger partial charge in [0.25, 0.3) is 0 Å². The van der Waals surface area contributed by atoms with Gasteiger partial charge in [-0.1, -0.05) is 23.9 Å². The standard InChI is InChI=1S/C16H20N2O3S2/c1-11(2)8-22-16-17-14-9-23(19,20)10-15(14)18(16)12-4-6-13(21-3)7-5-12/h4-7,14-15H,1,8-10H2,2-3H3/t14-,15-/m0/s1. The van der Waals surface area contributed by atoms with Gasteiger partial charge in [-0.3, -0.25) is 4.99 Å². The van der Waals surface area contributed by atoms with Gasteiger partial charge in [-0.25, -0.2) is 8.42 Å². The van der Waals surface area contributed by atoms with Gasteiger partial charge < -0.3 is 9.64 Å². The smallest absolute Gasteiger partial charge is 0.164 e. The molecule has 2 aliphatic rings. The molecule has 0 saturated carbocycles. The molecule has 23 heavy (non-hydrogen) atoms. The van der Waals surface area contributed by atoms with Crippen LogP contribution in [0.4, 0.5) is 5.69 Å². The predicted octanol–water partition coefficient (Wildman–Crippen LogP) is 2.35. The highest BCUT2D eigenvalue weighted by atomic mass is 32.2. The van der Waals surface area contributed by atoms with E-state index in [2.05, 4.69) is 16.5 Å². The van der Waals surface area contributed by atoms with Crippen LogP contribution < -0.4 is 9.64 Å². The Labute approximate surface area is 141 Å². The molecule has 5 nitrogen and oxygen atoms in total. The number of thioether (sulfide) groups is 1. The zero-order valence-electron chi connectivity index (χ0n) is 13.2. The van der Waals surface area contributed by atoms with Crippen LogP contribution in [0.1, 0.15) is 6.92 Å². The number of sulfone groups is 1. The highest BCUT2D eigenvalue weighted by Crippen LogP contribution is 2.35. The Morgan fingerprint density at radius 3 is 2.70 bits per heavy atom. The summed E-state index contributed by atoms with van der Waals surface area (Å²) in [4.78, 5) is 6.73. The molecular weight excluding hydrogens is 332 g/mol. The molecule has 0 spiro atoms. The first-order valence-electron chi connectivity index (χ1n) is 7.38. The van der Waals surface area contributed by atoms with Crippen LogP contribution >= 0.6 is 11.8 Å². The van der Waals surface area contributed by atoms with Crippen LogP contribution in [0, 0.1) is 0 Å².